The van der Waals surface area contributed by atoms with Gasteiger partial charge < -0.3 is 10.6 Å². The van der Waals surface area contributed by atoms with Gasteiger partial charge in [-0.3, -0.25) is 14.5 Å². The van der Waals surface area contributed by atoms with E-state index in [0.29, 0.717) is 10.6 Å². The van der Waals surface area contributed by atoms with Gasteiger partial charge in [0.05, 0.1) is 0 Å². The van der Waals surface area contributed by atoms with E-state index in [1.165, 1.54) is 25.1 Å². The highest BCUT2D eigenvalue weighted by molar-refractivity contribution is 6.32. The molecule has 1 heterocycles. The molecule has 0 radical (unpaired) electrons. The van der Waals surface area contributed by atoms with E-state index < -0.39 is 35.7 Å². The lowest BCUT2D eigenvalue weighted by Crippen LogP contribution is -2.42. The van der Waals surface area contributed by atoms with Crippen LogP contribution in [0.1, 0.15) is 12.5 Å². The summed E-state index contributed by atoms with van der Waals surface area (Å²) in [5, 5.41) is 5.36. The molecule has 134 valence electrons. The van der Waals surface area contributed by atoms with Crippen molar-refractivity contribution in [3.63, 3.8) is 0 Å². The summed E-state index contributed by atoms with van der Waals surface area (Å²) in [5.74, 6) is -1.73. The number of nitrogens with one attached hydrogen (secondary N) is 2. The molecule has 0 aromatic heterocycles. The van der Waals surface area contributed by atoms with E-state index in [-0.39, 0.29) is 5.69 Å². The second-order valence-corrected chi connectivity index (χ2v) is 6.39. The molecule has 4 amide bonds. The van der Waals surface area contributed by atoms with Gasteiger partial charge in [-0.2, -0.15) is 0 Å². The maximum Gasteiger partial charge on any atom is 0.325 e. The first-order valence-electron chi connectivity index (χ1n) is 7.76. The maximum atomic E-state index is 13.2. The molecule has 1 fully saturated rings. The number of halogens is 2. The molecule has 1 saturated heterocycles. The van der Waals surface area contributed by atoms with E-state index >= 15 is 0 Å². The summed E-state index contributed by atoms with van der Waals surface area (Å²) in [6.07, 6.45) is 0. The Labute approximate surface area is 153 Å². The Morgan fingerprint density at radius 1 is 1.23 bits per heavy atom. The highest BCUT2D eigenvalue weighted by atomic mass is 35.5. The lowest BCUT2D eigenvalue weighted by molar-refractivity contribution is -0.133. The third-order valence-corrected chi connectivity index (χ3v) is 4.43. The van der Waals surface area contributed by atoms with E-state index in [9.17, 15) is 18.8 Å². The van der Waals surface area contributed by atoms with Crippen LogP contribution in [0.4, 0.5) is 14.9 Å². The minimum Gasteiger partial charge on any atom is -0.324 e. The largest absolute Gasteiger partial charge is 0.325 e. The molecule has 8 heteroatoms. The Morgan fingerprint density at radius 3 is 2.65 bits per heavy atom. The monoisotopic (exact) mass is 375 g/mol. The minimum atomic E-state index is -1.37. The number of imide groups is 1. The Balaban J connectivity index is 1.77. The molecule has 0 aliphatic carbocycles. The Morgan fingerprint density at radius 2 is 1.96 bits per heavy atom. The van der Waals surface area contributed by atoms with Crippen LogP contribution in [0.2, 0.25) is 5.02 Å². The van der Waals surface area contributed by atoms with E-state index in [0.717, 1.165) is 11.0 Å². The molecule has 2 N–H and O–H groups in total. The van der Waals surface area contributed by atoms with Gasteiger partial charge >= 0.3 is 6.03 Å². The highest BCUT2D eigenvalue weighted by Gasteiger charge is 2.50. The number of benzene rings is 2. The van der Waals surface area contributed by atoms with Crippen LogP contribution < -0.4 is 10.6 Å². The molecule has 26 heavy (non-hydrogen) atoms. The van der Waals surface area contributed by atoms with Crippen molar-refractivity contribution in [1.82, 2.24) is 10.2 Å². The van der Waals surface area contributed by atoms with E-state index in [1.807, 2.05) is 0 Å². The zero-order valence-electron chi connectivity index (χ0n) is 13.8. The first-order chi connectivity index (χ1) is 12.3. The average Bonchev–Trinajstić information content (AvgIpc) is 2.79. The van der Waals surface area contributed by atoms with Crippen molar-refractivity contribution in [2.75, 3.05) is 11.9 Å². The smallest absolute Gasteiger partial charge is 0.324 e. The predicted octanol–water partition coefficient (Wildman–Crippen LogP) is 2.88. The normalized spacial score (nSPS) is 19.4. The predicted molar refractivity (Wildman–Crippen MR) is 94.1 cm³/mol. The Hall–Kier alpha value is -2.93. The van der Waals surface area contributed by atoms with E-state index in [2.05, 4.69) is 10.6 Å². The number of hydrogen-bond acceptors (Lipinski definition) is 3. The second-order valence-electron chi connectivity index (χ2n) is 5.98. The summed E-state index contributed by atoms with van der Waals surface area (Å²) >= 11 is 6.15. The third-order valence-electron chi connectivity index (χ3n) is 4.10. The summed E-state index contributed by atoms with van der Waals surface area (Å²) in [5.41, 5.74) is -0.696. The van der Waals surface area contributed by atoms with Crippen LogP contribution in [0.15, 0.2) is 48.5 Å². The minimum absolute atomic E-state index is 0.232. The van der Waals surface area contributed by atoms with Crippen molar-refractivity contribution in [2.24, 2.45) is 0 Å². The van der Waals surface area contributed by atoms with Crippen molar-refractivity contribution >= 4 is 35.1 Å². The number of urea groups is 1. The van der Waals surface area contributed by atoms with Crippen LogP contribution >= 0.6 is 11.6 Å². The highest BCUT2D eigenvalue weighted by Crippen LogP contribution is 2.33. The van der Waals surface area contributed by atoms with Crippen LogP contribution in [0.3, 0.4) is 0 Å². The van der Waals surface area contributed by atoms with Gasteiger partial charge in [0.1, 0.15) is 17.9 Å². The van der Waals surface area contributed by atoms with Gasteiger partial charge in [-0.25, -0.2) is 9.18 Å². The third kappa shape index (κ3) is 3.25. The molecule has 2 aromatic rings. The number of hydrogen-bond donors (Lipinski definition) is 2. The molecule has 1 atom stereocenters. The summed E-state index contributed by atoms with van der Waals surface area (Å²) in [4.78, 5) is 38.0. The molecule has 1 aliphatic heterocycles. The molecule has 1 unspecified atom stereocenters. The lowest BCUT2D eigenvalue weighted by Gasteiger charge is -2.23. The number of carbonyl (C=O) groups excluding carboxylic acids is 3. The second kappa shape index (κ2) is 6.76. The van der Waals surface area contributed by atoms with Gasteiger partial charge in [0.15, 0.2) is 0 Å². The average molecular weight is 376 g/mol. The van der Waals surface area contributed by atoms with Crippen LogP contribution in [-0.2, 0) is 15.1 Å². The number of carbonyl (C=O) groups is 3. The SMILES string of the molecule is CC1(c2ccccc2Cl)NC(=O)N(CC(=O)Nc2cccc(F)c2)C1=O. The zero-order valence-corrected chi connectivity index (χ0v) is 14.5. The molecule has 2 aromatic carbocycles. The molecule has 0 spiro atoms. The number of amides is 4. The molecule has 0 saturated carbocycles. The summed E-state index contributed by atoms with van der Waals surface area (Å²) in [7, 11) is 0. The molecular formula is C18H15ClFN3O3. The first kappa shape index (κ1) is 17.9. The summed E-state index contributed by atoms with van der Waals surface area (Å²) in [6, 6.07) is 11.3. The van der Waals surface area contributed by atoms with Crippen LogP contribution in [0.25, 0.3) is 0 Å². The quantitative estimate of drug-likeness (QED) is 0.806. The van der Waals surface area contributed by atoms with Gasteiger partial charge in [0.25, 0.3) is 5.91 Å². The standard InChI is InChI=1S/C18H15ClFN3O3/c1-18(13-7-2-3-8-14(13)19)16(25)23(17(26)22-18)10-15(24)21-12-6-4-5-11(20)9-12/h2-9H,10H2,1H3,(H,21,24)(H,22,26). The summed E-state index contributed by atoms with van der Waals surface area (Å²) < 4.78 is 13.2. The number of rotatable bonds is 4. The van der Waals surface area contributed by atoms with Gasteiger partial charge in [0.2, 0.25) is 5.91 Å². The van der Waals surface area contributed by atoms with Gasteiger partial charge in [-0.15, -0.1) is 0 Å². The Bertz CT molecular complexity index is 905. The van der Waals surface area contributed by atoms with Gasteiger partial charge in [0, 0.05) is 16.3 Å². The van der Waals surface area contributed by atoms with Crippen molar-refractivity contribution in [1.29, 1.82) is 0 Å². The first-order valence-corrected chi connectivity index (χ1v) is 8.13. The van der Waals surface area contributed by atoms with E-state index in [4.69, 9.17) is 11.6 Å². The van der Waals surface area contributed by atoms with Gasteiger partial charge in [-0.1, -0.05) is 35.9 Å². The number of nitrogens with zero attached hydrogens (tertiary/aromatic N) is 1. The zero-order chi connectivity index (χ0) is 18.9. The molecular weight excluding hydrogens is 361 g/mol. The fraction of sp³-hybridized carbons (Fsp3) is 0.167. The lowest BCUT2D eigenvalue weighted by atomic mass is 9.92. The fourth-order valence-corrected chi connectivity index (χ4v) is 3.12. The molecule has 1 aliphatic rings. The van der Waals surface area contributed by atoms with Crippen LogP contribution in [-0.4, -0.2) is 29.3 Å². The Kier molecular flexibility index (Phi) is 4.65. The topological polar surface area (TPSA) is 78.5 Å². The molecule has 3 rings (SSSR count). The van der Waals surface area contributed by atoms with Crippen molar-refractivity contribution in [2.45, 2.75) is 12.5 Å². The van der Waals surface area contributed by atoms with Gasteiger partial charge in [-0.05, 0) is 31.2 Å². The van der Waals surface area contributed by atoms with Crippen LogP contribution in [0, 0.1) is 5.82 Å². The summed E-state index contributed by atoms with van der Waals surface area (Å²) in [6.45, 7) is 1.03. The van der Waals surface area contributed by atoms with E-state index in [1.54, 1.807) is 24.3 Å². The molecule has 0 bridgehead atoms. The van der Waals surface area contributed by atoms with Crippen molar-refractivity contribution in [3.8, 4) is 0 Å². The molecule has 6 nitrogen and oxygen atoms in total. The van der Waals surface area contributed by atoms with Crippen molar-refractivity contribution < 1.29 is 18.8 Å². The fourth-order valence-electron chi connectivity index (χ4n) is 2.80. The maximum absolute atomic E-state index is 13.2. The van der Waals surface area contributed by atoms with Crippen LogP contribution in [0.5, 0.6) is 0 Å². The number of anilines is 1. The van der Waals surface area contributed by atoms with Crippen molar-refractivity contribution in [3.05, 3.63) is 64.9 Å².